The van der Waals surface area contributed by atoms with E-state index in [2.05, 4.69) is 26.0 Å². The number of carbonyl (C=O) groups excluding carboxylic acids is 1. The summed E-state index contributed by atoms with van der Waals surface area (Å²) in [5.74, 6) is 0.616. The van der Waals surface area contributed by atoms with Crippen molar-refractivity contribution in [2.75, 3.05) is 20.2 Å². The van der Waals surface area contributed by atoms with Gasteiger partial charge in [0.2, 0.25) is 0 Å². The minimum Gasteiger partial charge on any atom is -0.376 e. The Morgan fingerprint density at radius 2 is 2.10 bits per heavy atom. The normalized spacial score (nSPS) is 16.2. The predicted molar refractivity (Wildman–Crippen MR) is 123 cm³/mol. The maximum absolute atomic E-state index is 12.4. The lowest BCUT2D eigenvalue weighted by Crippen LogP contribution is -2.36. The van der Waals surface area contributed by atoms with Gasteiger partial charge in [-0.2, -0.15) is 5.10 Å². The summed E-state index contributed by atoms with van der Waals surface area (Å²) in [7, 11) is 3.64. The Morgan fingerprint density at radius 3 is 2.79 bits per heavy atom. The van der Waals surface area contributed by atoms with Crippen molar-refractivity contribution in [3.8, 4) is 0 Å². The summed E-state index contributed by atoms with van der Waals surface area (Å²) in [6, 6.07) is 9.55. The summed E-state index contributed by atoms with van der Waals surface area (Å²) in [4.78, 5) is 16.6. The molecule has 0 radical (unpaired) electrons. The first-order chi connectivity index (χ1) is 13.7. The number of aliphatic imine (C=N–C) groups is 1. The predicted octanol–water partition coefficient (Wildman–Crippen LogP) is 1.81. The molecule has 9 heteroatoms. The molecule has 3 N–H and O–H groups in total. The number of nitrogens with one attached hydrogen (secondary N) is 3. The number of rotatable bonds is 7. The van der Waals surface area contributed by atoms with Crippen molar-refractivity contribution in [3.63, 3.8) is 0 Å². The van der Waals surface area contributed by atoms with Gasteiger partial charge in [0.05, 0.1) is 18.3 Å². The van der Waals surface area contributed by atoms with Crippen LogP contribution in [0.5, 0.6) is 0 Å². The molecule has 0 spiro atoms. The standard InChI is InChI=1S/C20H28N6O2.HI/c1-21-20(24-13-17-8-9-25-26(17)2)23-12-15-5-3-6-16(11-15)19(27)22-14-18-7-4-10-28-18;/h3,5-6,8-9,11,18H,4,7,10,12-14H2,1-2H3,(H,22,27)(H2,21,23,24);1H. The number of amides is 1. The fourth-order valence-electron chi connectivity index (χ4n) is 3.09. The second-order valence-corrected chi connectivity index (χ2v) is 6.77. The van der Waals surface area contributed by atoms with Gasteiger partial charge in [-0.15, -0.1) is 24.0 Å². The Bertz CT molecular complexity index is 817. The Balaban J connectivity index is 0.00000300. The van der Waals surface area contributed by atoms with E-state index in [0.717, 1.165) is 30.7 Å². The van der Waals surface area contributed by atoms with E-state index < -0.39 is 0 Å². The second-order valence-electron chi connectivity index (χ2n) is 6.77. The fraction of sp³-hybridized carbons (Fsp3) is 0.450. The molecule has 0 aliphatic carbocycles. The third-order valence-corrected chi connectivity index (χ3v) is 4.75. The molecule has 8 nitrogen and oxygen atoms in total. The quantitative estimate of drug-likeness (QED) is 0.299. The highest BCUT2D eigenvalue weighted by Gasteiger charge is 2.16. The van der Waals surface area contributed by atoms with Crippen molar-refractivity contribution in [2.45, 2.75) is 32.0 Å². The monoisotopic (exact) mass is 512 g/mol. The van der Waals surface area contributed by atoms with E-state index in [1.807, 2.05) is 42.1 Å². The van der Waals surface area contributed by atoms with Crippen LogP contribution in [0.15, 0.2) is 41.5 Å². The van der Waals surface area contributed by atoms with Crippen LogP contribution >= 0.6 is 24.0 Å². The number of ether oxygens (including phenoxy) is 1. The molecule has 0 bridgehead atoms. The molecule has 1 atom stereocenters. The summed E-state index contributed by atoms with van der Waals surface area (Å²) >= 11 is 0. The second kappa shape index (κ2) is 11.8. The van der Waals surface area contributed by atoms with Crippen LogP contribution in [-0.4, -0.2) is 48.0 Å². The molecule has 158 valence electrons. The van der Waals surface area contributed by atoms with E-state index in [9.17, 15) is 4.79 Å². The average Bonchev–Trinajstić information content (AvgIpc) is 3.38. The molecule has 2 aromatic rings. The van der Waals surface area contributed by atoms with Crippen molar-refractivity contribution in [1.29, 1.82) is 0 Å². The van der Waals surface area contributed by atoms with E-state index >= 15 is 0 Å². The molecule has 1 aliphatic heterocycles. The number of hydrogen-bond donors (Lipinski definition) is 3. The minimum atomic E-state index is -0.0731. The van der Waals surface area contributed by atoms with Crippen molar-refractivity contribution < 1.29 is 9.53 Å². The van der Waals surface area contributed by atoms with Crippen LogP contribution in [0.25, 0.3) is 0 Å². The van der Waals surface area contributed by atoms with Crippen LogP contribution in [0.1, 0.15) is 34.5 Å². The number of nitrogens with zero attached hydrogens (tertiary/aromatic N) is 3. The molecule has 1 aliphatic rings. The maximum atomic E-state index is 12.4. The van der Waals surface area contributed by atoms with Gasteiger partial charge in [-0.05, 0) is 36.6 Å². The third-order valence-electron chi connectivity index (χ3n) is 4.75. The first-order valence-corrected chi connectivity index (χ1v) is 9.56. The molecular formula is C20H29IN6O2. The van der Waals surface area contributed by atoms with Gasteiger partial charge >= 0.3 is 0 Å². The Morgan fingerprint density at radius 1 is 1.28 bits per heavy atom. The van der Waals surface area contributed by atoms with Crippen molar-refractivity contribution in [2.24, 2.45) is 12.0 Å². The van der Waals surface area contributed by atoms with Crippen LogP contribution in [0.3, 0.4) is 0 Å². The first-order valence-electron chi connectivity index (χ1n) is 9.56. The number of aryl methyl sites for hydroxylation is 1. The number of hydrogen-bond acceptors (Lipinski definition) is 4. The largest absolute Gasteiger partial charge is 0.376 e. The van der Waals surface area contributed by atoms with Crippen LogP contribution in [0, 0.1) is 0 Å². The number of benzene rings is 1. The zero-order chi connectivity index (χ0) is 19.8. The van der Waals surface area contributed by atoms with Crippen molar-refractivity contribution in [1.82, 2.24) is 25.7 Å². The van der Waals surface area contributed by atoms with Crippen LogP contribution in [0.2, 0.25) is 0 Å². The molecule has 1 saturated heterocycles. The summed E-state index contributed by atoms with van der Waals surface area (Å²) in [5.41, 5.74) is 2.72. The van der Waals surface area contributed by atoms with Crippen LogP contribution in [-0.2, 0) is 24.9 Å². The fourth-order valence-corrected chi connectivity index (χ4v) is 3.09. The SMILES string of the molecule is CN=C(NCc1cccc(C(=O)NCC2CCCO2)c1)NCc1ccnn1C.I. The van der Waals surface area contributed by atoms with Gasteiger partial charge in [0.25, 0.3) is 5.91 Å². The highest BCUT2D eigenvalue weighted by Crippen LogP contribution is 2.11. The number of guanidine groups is 1. The summed E-state index contributed by atoms with van der Waals surface area (Å²) in [6.07, 6.45) is 3.98. The summed E-state index contributed by atoms with van der Waals surface area (Å²) in [6.45, 7) is 2.54. The highest BCUT2D eigenvalue weighted by atomic mass is 127. The van der Waals surface area contributed by atoms with Crippen LogP contribution < -0.4 is 16.0 Å². The van der Waals surface area contributed by atoms with Gasteiger partial charge in [-0.1, -0.05) is 12.1 Å². The topological polar surface area (TPSA) is 92.6 Å². The third kappa shape index (κ3) is 7.00. The molecule has 1 unspecified atom stereocenters. The van der Waals surface area contributed by atoms with E-state index in [1.165, 1.54) is 0 Å². The van der Waals surface area contributed by atoms with Gasteiger partial charge < -0.3 is 20.7 Å². The number of carbonyl (C=O) groups is 1. The van der Waals surface area contributed by atoms with Gasteiger partial charge in [0, 0.05) is 45.6 Å². The molecule has 1 aromatic carbocycles. The lowest BCUT2D eigenvalue weighted by molar-refractivity contribution is 0.0857. The van der Waals surface area contributed by atoms with Crippen LogP contribution in [0.4, 0.5) is 0 Å². The highest BCUT2D eigenvalue weighted by molar-refractivity contribution is 14.0. The Kier molecular flexibility index (Phi) is 9.39. The smallest absolute Gasteiger partial charge is 0.251 e. The van der Waals surface area contributed by atoms with E-state index in [-0.39, 0.29) is 36.0 Å². The maximum Gasteiger partial charge on any atom is 0.251 e. The lowest BCUT2D eigenvalue weighted by atomic mass is 10.1. The molecule has 1 fully saturated rings. The van der Waals surface area contributed by atoms with E-state index in [1.54, 1.807) is 13.2 Å². The Hall–Kier alpha value is -2.14. The van der Waals surface area contributed by atoms with E-state index in [4.69, 9.17) is 4.74 Å². The van der Waals surface area contributed by atoms with Crippen molar-refractivity contribution >= 4 is 35.8 Å². The lowest BCUT2D eigenvalue weighted by Gasteiger charge is -2.13. The zero-order valence-electron chi connectivity index (χ0n) is 16.9. The Labute approximate surface area is 188 Å². The number of halogens is 1. The molecule has 29 heavy (non-hydrogen) atoms. The van der Waals surface area contributed by atoms with Crippen molar-refractivity contribution in [3.05, 3.63) is 53.3 Å². The molecular weight excluding hydrogens is 483 g/mol. The molecule has 1 amide bonds. The van der Waals surface area contributed by atoms with Gasteiger partial charge in [-0.3, -0.25) is 14.5 Å². The molecule has 3 rings (SSSR count). The summed E-state index contributed by atoms with van der Waals surface area (Å²) < 4.78 is 7.37. The van der Waals surface area contributed by atoms with Gasteiger partial charge in [0.1, 0.15) is 0 Å². The number of aromatic nitrogens is 2. The van der Waals surface area contributed by atoms with E-state index in [0.29, 0.717) is 31.2 Å². The molecule has 1 aromatic heterocycles. The average molecular weight is 512 g/mol. The molecule has 2 heterocycles. The summed E-state index contributed by atoms with van der Waals surface area (Å²) in [5, 5.41) is 13.6. The first kappa shape index (κ1) is 23.1. The zero-order valence-corrected chi connectivity index (χ0v) is 19.2. The van der Waals surface area contributed by atoms with Gasteiger partial charge in [0.15, 0.2) is 5.96 Å². The molecule has 0 saturated carbocycles. The minimum absolute atomic E-state index is 0. The van der Waals surface area contributed by atoms with Gasteiger partial charge in [-0.25, -0.2) is 0 Å².